The Hall–Kier alpha value is -2.34. The fourth-order valence-electron chi connectivity index (χ4n) is 3.72. The summed E-state index contributed by atoms with van der Waals surface area (Å²) in [5.74, 6) is -0.647. The third-order valence-corrected chi connectivity index (χ3v) is 6.78. The predicted molar refractivity (Wildman–Crippen MR) is 128 cm³/mol. The van der Waals surface area contributed by atoms with Gasteiger partial charge in [0.15, 0.2) is 0 Å². The number of hydrogen-bond acceptors (Lipinski definition) is 5. The predicted octanol–water partition coefficient (Wildman–Crippen LogP) is 4.64. The van der Waals surface area contributed by atoms with E-state index < -0.39 is 27.8 Å². The van der Waals surface area contributed by atoms with Crippen molar-refractivity contribution in [2.75, 3.05) is 29.0 Å². The minimum absolute atomic E-state index is 0.0367. The Morgan fingerprint density at radius 2 is 1.85 bits per heavy atom. The molecule has 12 heteroatoms. The van der Waals surface area contributed by atoms with Crippen LogP contribution in [-0.4, -0.2) is 38.7 Å². The Morgan fingerprint density at radius 1 is 1.18 bits per heavy atom. The van der Waals surface area contributed by atoms with Crippen LogP contribution in [0.5, 0.6) is 0 Å². The molecule has 1 fully saturated rings. The van der Waals surface area contributed by atoms with Crippen LogP contribution in [0.15, 0.2) is 34.8 Å². The van der Waals surface area contributed by atoms with Crippen LogP contribution in [0.1, 0.15) is 48.9 Å². The largest absolute Gasteiger partial charge is 0.433 e. The number of pyridine rings is 1. The lowest BCUT2D eigenvalue weighted by molar-refractivity contribution is -0.141. The average molecular weight is 563 g/mol. The first-order valence-electron chi connectivity index (χ1n) is 10.7. The average Bonchev–Trinajstić information content (AvgIpc) is 2.77. The second-order valence-electron chi connectivity index (χ2n) is 8.28. The molecule has 34 heavy (non-hydrogen) atoms. The number of alkyl halides is 3. The van der Waals surface area contributed by atoms with Gasteiger partial charge in [-0.1, -0.05) is 12.1 Å². The van der Waals surface area contributed by atoms with E-state index in [1.165, 1.54) is 6.07 Å². The van der Waals surface area contributed by atoms with E-state index in [2.05, 4.69) is 31.0 Å². The van der Waals surface area contributed by atoms with Gasteiger partial charge in [-0.2, -0.15) is 13.2 Å². The quantitative estimate of drug-likeness (QED) is 0.512. The van der Waals surface area contributed by atoms with E-state index in [-0.39, 0.29) is 18.3 Å². The zero-order valence-corrected chi connectivity index (χ0v) is 21.1. The number of amides is 1. The van der Waals surface area contributed by atoms with Gasteiger partial charge >= 0.3 is 6.18 Å². The number of halogens is 4. The number of hydrogen-bond donors (Lipinski definition) is 2. The van der Waals surface area contributed by atoms with Crippen molar-refractivity contribution >= 4 is 43.4 Å². The number of carbonyl (C=O) groups is 1. The number of nitrogens with one attached hydrogen (secondary N) is 2. The SMILES string of the molecule is CC(C(=O)NCc1ccc(C(F)(F)F)nc1N1CCCCC1)c1ccc(NS(C)(=O)=O)c(Br)c1. The molecule has 1 unspecified atom stereocenters. The molecule has 1 atom stereocenters. The molecule has 1 aliphatic heterocycles. The smallest absolute Gasteiger partial charge is 0.356 e. The number of nitrogens with zero attached hydrogens (tertiary/aromatic N) is 2. The Morgan fingerprint density at radius 3 is 2.44 bits per heavy atom. The molecule has 1 amide bonds. The summed E-state index contributed by atoms with van der Waals surface area (Å²) in [6, 6.07) is 7.15. The number of piperidine rings is 1. The first kappa shape index (κ1) is 26.3. The molecule has 0 saturated carbocycles. The van der Waals surface area contributed by atoms with Crippen LogP contribution in [0.2, 0.25) is 0 Å². The molecule has 0 radical (unpaired) electrons. The molecule has 2 N–H and O–H groups in total. The summed E-state index contributed by atoms with van der Waals surface area (Å²) in [5, 5.41) is 2.79. The molecule has 0 spiro atoms. The van der Waals surface area contributed by atoms with Gasteiger partial charge in [-0.15, -0.1) is 0 Å². The first-order valence-corrected chi connectivity index (χ1v) is 13.4. The molecular formula is C22H26BrF3N4O3S. The van der Waals surface area contributed by atoms with Gasteiger partial charge in [-0.25, -0.2) is 13.4 Å². The highest BCUT2D eigenvalue weighted by Crippen LogP contribution is 2.32. The standard InChI is InChI=1S/C22H26BrF3N4O3S/c1-14(15-6-8-18(17(23)12-15)29-34(2,32)33)21(31)27-13-16-7-9-19(22(24,25)26)28-20(16)30-10-4-3-5-11-30/h6-9,12,14,29H,3-5,10-11,13H2,1-2H3,(H,27,31). The van der Waals surface area contributed by atoms with Gasteiger partial charge in [-0.05, 0) is 65.9 Å². The number of aromatic nitrogens is 1. The van der Waals surface area contributed by atoms with Gasteiger partial charge in [0.25, 0.3) is 0 Å². The van der Waals surface area contributed by atoms with Crippen molar-refractivity contribution in [1.82, 2.24) is 10.3 Å². The summed E-state index contributed by atoms with van der Waals surface area (Å²) in [6.07, 6.45) is -0.739. The van der Waals surface area contributed by atoms with Crippen LogP contribution >= 0.6 is 15.9 Å². The molecular weight excluding hydrogens is 537 g/mol. The topological polar surface area (TPSA) is 91.4 Å². The monoisotopic (exact) mass is 562 g/mol. The van der Waals surface area contributed by atoms with Crippen LogP contribution in [0.25, 0.3) is 0 Å². The fourth-order valence-corrected chi connectivity index (χ4v) is 4.93. The van der Waals surface area contributed by atoms with Crippen molar-refractivity contribution in [3.8, 4) is 0 Å². The van der Waals surface area contributed by atoms with Crippen LogP contribution < -0.4 is 14.9 Å². The van der Waals surface area contributed by atoms with Crippen LogP contribution in [-0.2, 0) is 27.5 Å². The second-order valence-corrected chi connectivity index (χ2v) is 10.9. The van der Waals surface area contributed by atoms with Crippen molar-refractivity contribution in [3.05, 3.63) is 51.6 Å². The summed E-state index contributed by atoms with van der Waals surface area (Å²) >= 11 is 3.30. The number of sulfonamides is 1. The van der Waals surface area contributed by atoms with E-state index in [9.17, 15) is 26.4 Å². The highest BCUT2D eigenvalue weighted by Gasteiger charge is 2.34. The van der Waals surface area contributed by atoms with E-state index in [1.807, 2.05) is 4.90 Å². The molecule has 7 nitrogen and oxygen atoms in total. The molecule has 3 rings (SSSR count). The number of anilines is 2. The van der Waals surface area contributed by atoms with Gasteiger partial charge in [0.1, 0.15) is 11.5 Å². The molecule has 0 bridgehead atoms. The van der Waals surface area contributed by atoms with Gasteiger partial charge in [0, 0.05) is 29.7 Å². The lowest BCUT2D eigenvalue weighted by Gasteiger charge is -2.30. The van der Waals surface area contributed by atoms with E-state index in [4.69, 9.17) is 0 Å². The Kier molecular flexibility index (Phi) is 8.12. The molecule has 1 aromatic carbocycles. The van der Waals surface area contributed by atoms with Crippen LogP contribution in [0.4, 0.5) is 24.7 Å². The molecule has 1 aliphatic rings. The third kappa shape index (κ3) is 6.84. The van der Waals surface area contributed by atoms with Gasteiger partial charge in [0.2, 0.25) is 15.9 Å². The molecule has 186 valence electrons. The third-order valence-electron chi connectivity index (χ3n) is 5.54. The van der Waals surface area contributed by atoms with Crippen LogP contribution in [0, 0.1) is 0 Å². The normalized spacial score (nSPS) is 15.6. The minimum atomic E-state index is -4.55. The second kappa shape index (κ2) is 10.5. The maximum Gasteiger partial charge on any atom is 0.433 e. The van der Waals surface area contributed by atoms with Crippen molar-refractivity contribution in [2.24, 2.45) is 0 Å². The van der Waals surface area contributed by atoms with Crippen molar-refractivity contribution in [2.45, 2.75) is 44.8 Å². The first-order chi connectivity index (χ1) is 15.8. The zero-order valence-electron chi connectivity index (χ0n) is 18.7. The number of rotatable bonds is 7. The highest BCUT2D eigenvalue weighted by molar-refractivity contribution is 9.10. The van der Waals surface area contributed by atoms with Gasteiger partial charge in [-0.3, -0.25) is 9.52 Å². The van der Waals surface area contributed by atoms with Crippen LogP contribution in [0.3, 0.4) is 0 Å². The number of carbonyl (C=O) groups excluding carboxylic acids is 1. The number of benzene rings is 1. The maximum atomic E-state index is 13.2. The lowest BCUT2D eigenvalue weighted by atomic mass is 10.00. The lowest BCUT2D eigenvalue weighted by Crippen LogP contribution is -2.33. The molecule has 1 saturated heterocycles. The molecule has 0 aliphatic carbocycles. The zero-order chi connectivity index (χ0) is 25.1. The molecule has 1 aromatic heterocycles. The van der Waals surface area contributed by atoms with E-state index in [0.29, 0.717) is 34.4 Å². The molecule has 2 aromatic rings. The molecule has 2 heterocycles. The van der Waals surface area contributed by atoms with Gasteiger partial charge in [0.05, 0.1) is 17.9 Å². The summed E-state index contributed by atoms with van der Waals surface area (Å²) in [6.45, 7) is 2.97. The minimum Gasteiger partial charge on any atom is -0.356 e. The summed E-state index contributed by atoms with van der Waals surface area (Å²) in [7, 11) is -3.45. The highest BCUT2D eigenvalue weighted by atomic mass is 79.9. The van der Waals surface area contributed by atoms with Crippen molar-refractivity contribution in [3.63, 3.8) is 0 Å². The maximum absolute atomic E-state index is 13.2. The van der Waals surface area contributed by atoms with E-state index >= 15 is 0 Å². The van der Waals surface area contributed by atoms with E-state index in [0.717, 1.165) is 31.6 Å². The van der Waals surface area contributed by atoms with E-state index in [1.54, 1.807) is 25.1 Å². The Bertz CT molecular complexity index is 1150. The fraction of sp³-hybridized carbons (Fsp3) is 0.455. The Labute approximate surface area is 205 Å². The Balaban J connectivity index is 1.75. The summed E-state index contributed by atoms with van der Waals surface area (Å²) in [4.78, 5) is 18.5. The summed E-state index contributed by atoms with van der Waals surface area (Å²) < 4.78 is 65.5. The van der Waals surface area contributed by atoms with Gasteiger partial charge < -0.3 is 10.2 Å². The van der Waals surface area contributed by atoms with Crippen molar-refractivity contribution < 1.29 is 26.4 Å². The van der Waals surface area contributed by atoms with Crippen molar-refractivity contribution in [1.29, 1.82) is 0 Å². The summed E-state index contributed by atoms with van der Waals surface area (Å²) in [5.41, 5.74) is 0.555.